The zero-order chi connectivity index (χ0) is 15.7. The van der Waals surface area contributed by atoms with Crippen LogP contribution >= 0.6 is 0 Å². The maximum absolute atomic E-state index is 11.6. The summed E-state index contributed by atoms with van der Waals surface area (Å²) in [7, 11) is 0. The van der Waals surface area contributed by atoms with Crippen LogP contribution in [-0.4, -0.2) is 24.5 Å². The lowest BCUT2D eigenvalue weighted by molar-refractivity contribution is -0.139. The van der Waals surface area contributed by atoms with Crippen LogP contribution in [0.15, 0.2) is 24.3 Å². The highest BCUT2D eigenvalue weighted by Crippen LogP contribution is 2.13. The highest BCUT2D eigenvalue weighted by Gasteiger charge is 2.11. The van der Waals surface area contributed by atoms with Crippen LogP contribution in [0.4, 0.5) is 0 Å². The van der Waals surface area contributed by atoms with Crippen LogP contribution in [0.2, 0.25) is 0 Å². The van der Waals surface area contributed by atoms with Gasteiger partial charge in [-0.2, -0.15) is 0 Å². The number of carbonyl (C=O) groups excluding carboxylic acids is 2. The Balaban J connectivity index is 2.37. The summed E-state index contributed by atoms with van der Waals surface area (Å²) in [6, 6.07) is 7.44. The summed E-state index contributed by atoms with van der Waals surface area (Å²) in [6.07, 6.45) is 1.98. The van der Waals surface area contributed by atoms with Gasteiger partial charge in [0.05, 0.1) is 6.10 Å². The van der Waals surface area contributed by atoms with Crippen LogP contribution in [0.3, 0.4) is 0 Å². The number of ether oxygens (including phenoxy) is 1. The number of unbranched alkanes of at least 4 members (excludes halogenated alkanes) is 1. The Morgan fingerprint density at radius 1 is 1.10 bits per heavy atom. The summed E-state index contributed by atoms with van der Waals surface area (Å²) in [4.78, 5) is 23.0. The number of hydrogen-bond acceptors (Lipinski definition) is 3. The Kier molecular flexibility index (Phi) is 7.29. The van der Waals surface area contributed by atoms with Crippen molar-refractivity contribution in [3.05, 3.63) is 29.8 Å². The highest BCUT2D eigenvalue weighted by molar-refractivity contribution is 6.35. The first-order chi connectivity index (χ1) is 10.0. The SMILES string of the molecule is CCCCNC(=O)C(=O)NCc1ccc(OC(C)C)cc1. The monoisotopic (exact) mass is 292 g/mol. The fraction of sp³-hybridized carbons (Fsp3) is 0.500. The molecule has 0 saturated carbocycles. The molecule has 0 heterocycles. The number of nitrogens with one attached hydrogen (secondary N) is 2. The van der Waals surface area contributed by atoms with Gasteiger partial charge in [-0.15, -0.1) is 0 Å². The van der Waals surface area contributed by atoms with E-state index in [1.165, 1.54) is 0 Å². The minimum atomic E-state index is -0.603. The molecule has 0 saturated heterocycles. The molecule has 1 aromatic rings. The second-order valence-corrected chi connectivity index (χ2v) is 5.10. The van der Waals surface area contributed by atoms with Gasteiger partial charge in [-0.05, 0) is 38.0 Å². The molecule has 2 amide bonds. The quantitative estimate of drug-likeness (QED) is 0.596. The van der Waals surface area contributed by atoms with Gasteiger partial charge in [-0.25, -0.2) is 0 Å². The summed E-state index contributed by atoms with van der Waals surface area (Å²) < 4.78 is 5.54. The summed E-state index contributed by atoms with van der Waals surface area (Å²) in [5, 5.41) is 5.17. The third-order valence-corrected chi connectivity index (χ3v) is 2.77. The molecule has 0 spiro atoms. The van der Waals surface area contributed by atoms with Gasteiger partial charge in [0.15, 0.2) is 0 Å². The first-order valence-corrected chi connectivity index (χ1v) is 7.34. The largest absolute Gasteiger partial charge is 0.491 e. The maximum Gasteiger partial charge on any atom is 0.309 e. The van der Waals surface area contributed by atoms with E-state index in [1.807, 2.05) is 45.0 Å². The smallest absolute Gasteiger partial charge is 0.309 e. The van der Waals surface area contributed by atoms with Crippen molar-refractivity contribution in [1.29, 1.82) is 0 Å². The lowest BCUT2D eigenvalue weighted by Crippen LogP contribution is -2.39. The van der Waals surface area contributed by atoms with Crippen LogP contribution in [-0.2, 0) is 16.1 Å². The summed E-state index contributed by atoms with van der Waals surface area (Å²) >= 11 is 0. The van der Waals surface area contributed by atoms with E-state index < -0.39 is 11.8 Å². The van der Waals surface area contributed by atoms with Gasteiger partial charge in [-0.1, -0.05) is 25.5 Å². The number of hydrogen-bond donors (Lipinski definition) is 2. The van der Waals surface area contributed by atoms with E-state index in [0.717, 1.165) is 24.2 Å². The summed E-state index contributed by atoms with van der Waals surface area (Å²) in [5.74, 6) is -0.394. The maximum atomic E-state index is 11.6. The van der Waals surface area contributed by atoms with Crippen molar-refractivity contribution in [1.82, 2.24) is 10.6 Å². The van der Waals surface area contributed by atoms with E-state index in [-0.39, 0.29) is 6.10 Å². The van der Waals surface area contributed by atoms with E-state index in [2.05, 4.69) is 10.6 Å². The van der Waals surface area contributed by atoms with Crippen molar-refractivity contribution >= 4 is 11.8 Å². The van der Waals surface area contributed by atoms with E-state index >= 15 is 0 Å². The van der Waals surface area contributed by atoms with Crippen LogP contribution in [0.1, 0.15) is 39.2 Å². The molecule has 5 heteroatoms. The minimum absolute atomic E-state index is 0.127. The zero-order valence-electron chi connectivity index (χ0n) is 12.9. The molecular weight excluding hydrogens is 268 g/mol. The molecule has 0 aliphatic heterocycles. The van der Waals surface area contributed by atoms with Gasteiger partial charge in [0.25, 0.3) is 0 Å². The molecule has 116 valence electrons. The van der Waals surface area contributed by atoms with Crippen molar-refractivity contribution in [3.8, 4) is 5.75 Å². The van der Waals surface area contributed by atoms with Crippen LogP contribution < -0.4 is 15.4 Å². The van der Waals surface area contributed by atoms with Gasteiger partial charge in [0, 0.05) is 13.1 Å². The van der Waals surface area contributed by atoms with E-state index in [1.54, 1.807) is 0 Å². The van der Waals surface area contributed by atoms with Gasteiger partial charge in [-0.3, -0.25) is 9.59 Å². The Labute approximate surface area is 126 Å². The molecule has 0 radical (unpaired) electrons. The van der Waals surface area contributed by atoms with E-state index in [4.69, 9.17) is 4.74 Å². The predicted molar refractivity (Wildman–Crippen MR) is 82.0 cm³/mol. The lowest BCUT2D eigenvalue weighted by Gasteiger charge is -2.10. The molecule has 0 atom stereocenters. The third-order valence-electron chi connectivity index (χ3n) is 2.77. The Hall–Kier alpha value is -2.04. The Morgan fingerprint density at radius 2 is 1.71 bits per heavy atom. The van der Waals surface area contributed by atoms with Gasteiger partial charge in [0.2, 0.25) is 0 Å². The first-order valence-electron chi connectivity index (χ1n) is 7.34. The molecular formula is C16H24N2O3. The average Bonchev–Trinajstić information content (AvgIpc) is 2.45. The predicted octanol–water partition coefficient (Wildman–Crippen LogP) is 2.01. The highest BCUT2D eigenvalue weighted by atomic mass is 16.5. The van der Waals surface area contributed by atoms with E-state index in [9.17, 15) is 9.59 Å². The van der Waals surface area contributed by atoms with Gasteiger partial charge in [0.1, 0.15) is 5.75 Å². The van der Waals surface area contributed by atoms with Crippen molar-refractivity contribution in [2.75, 3.05) is 6.54 Å². The standard InChI is InChI=1S/C16H24N2O3/c1-4-5-10-17-15(19)16(20)18-11-13-6-8-14(9-7-13)21-12(2)3/h6-9,12H,4-5,10-11H2,1-3H3,(H,17,19)(H,18,20). The molecule has 0 aliphatic rings. The lowest BCUT2D eigenvalue weighted by atomic mass is 10.2. The Bertz CT molecular complexity index is 455. The first kappa shape index (κ1) is 17.0. The second kappa shape index (κ2) is 9.00. The fourth-order valence-corrected chi connectivity index (χ4v) is 1.68. The molecule has 0 aliphatic carbocycles. The van der Waals surface area contributed by atoms with Gasteiger partial charge >= 0.3 is 11.8 Å². The van der Waals surface area contributed by atoms with Crippen LogP contribution in [0, 0.1) is 0 Å². The van der Waals surface area contributed by atoms with E-state index in [0.29, 0.717) is 13.1 Å². The summed E-state index contributed by atoms with van der Waals surface area (Å²) in [5.41, 5.74) is 0.917. The molecule has 21 heavy (non-hydrogen) atoms. The number of amides is 2. The van der Waals surface area contributed by atoms with Crippen molar-refractivity contribution < 1.29 is 14.3 Å². The molecule has 0 bridgehead atoms. The molecule has 1 aromatic carbocycles. The van der Waals surface area contributed by atoms with Crippen molar-refractivity contribution in [3.63, 3.8) is 0 Å². The minimum Gasteiger partial charge on any atom is -0.491 e. The topological polar surface area (TPSA) is 67.4 Å². The number of carbonyl (C=O) groups is 2. The zero-order valence-corrected chi connectivity index (χ0v) is 12.9. The van der Waals surface area contributed by atoms with Crippen molar-refractivity contribution in [2.45, 2.75) is 46.3 Å². The fourth-order valence-electron chi connectivity index (χ4n) is 1.68. The van der Waals surface area contributed by atoms with Crippen LogP contribution in [0.5, 0.6) is 5.75 Å². The normalized spacial score (nSPS) is 10.3. The molecule has 0 fully saturated rings. The molecule has 2 N–H and O–H groups in total. The number of benzene rings is 1. The summed E-state index contributed by atoms with van der Waals surface area (Å²) in [6.45, 7) is 6.81. The molecule has 0 aromatic heterocycles. The second-order valence-electron chi connectivity index (χ2n) is 5.10. The Morgan fingerprint density at radius 3 is 2.29 bits per heavy atom. The van der Waals surface area contributed by atoms with Crippen LogP contribution in [0.25, 0.3) is 0 Å². The molecule has 5 nitrogen and oxygen atoms in total. The van der Waals surface area contributed by atoms with Crippen molar-refractivity contribution in [2.24, 2.45) is 0 Å². The molecule has 1 rings (SSSR count). The average molecular weight is 292 g/mol. The van der Waals surface area contributed by atoms with Gasteiger partial charge < -0.3 is 15.4 Å². The third kappa shape index (κ3) is 6.79. The number of rotatable bonds is 7. The molecule has 0 unspecified atom stereocenters.